The second-order valence-corrected chi connectivity index (χ2v) is 7.21. The average molecular weight is 391 g/mol. The Morgan fingerprint density at radius 2 is 1.96 bits per heavy atom. The normalized spacial score (nSPS) is 14.9. The van der Waals surface area contributed by atoms with Crippen molar-refractivity contribution in [1.82, 2.24) is 15.2 Å². The molecule has 0 unspecified atom stereocenters. The molecule has 1 aliphatic heterocycles. The van der Waals surface area contributed by atoms with Gasteiger partial charge in [-0.25, -0.2) is 4.98 Å². The molecule has 1 amide bonds. The van der Waals surface area contributed by atoms with Crippen LogP contribution in [0.3, 0.4) is 0 Å². The molecule has 0 bridgehead atoms. The zero-order valence-electron chi connectivity index (χ0n) is 15.6. The molecule has 1 aromatic heterocycles. The molecule has 0 aliphatic carbocycles. The van der Waals surface area contributed by atoms with Crippen molar-refractivity contribution < 1.29 is 14.3 Å². The van der Waals surface area contributed by atoms with Crippen LogP contribution in [0.4, 0.5) is 5.13 Å². The van der Waals surface area contributed by atoms with Gasteiger partial charge in [-0.3, -0.25) is 9.69 Å². The number of benzene rings is 1. The molecule has 2 heterocycles. The number of methoxy groups -OCH3 is 1. The molecule has 27 heavy (non-hydrogen) atoms. The Balaban J connectivity index is 1.35. The van der Waals surface area contributed by atoms with E-state index in [1.165, 1.54) is 0 Å². The van der Waals surface area contributed by atoms with E-state index in [1.54, 1.807) is 18.4 Å². The third-order valence-electron chi connectivity index (χ3n) is 4.40. The topological polar surface area (TPSA) is 66.9 Å². The molecule has 0 radical (unpaired) electrons. The molecule has 1 saturated heterocycles. The van der Waals surface area contributed by atoms with Crippen LogP contribution in [-0.2, 0) is 16.1 Å². The maximum Gasteiger partial charge on any atom is 0.234 e. The minimum Gasteiger partial charge on any atom is -0.491 e. The van der Waals surface area contributed by atoms with E-state index in [-0.39, 0.29) is 5.91 Å². The first-order valence-electron chi connectivity index (χ1n) is 9.09. The molecule has 7 nitrogen and oxygen atoms in total. The van der Waals surface area contributed by atoms with E-state index in [1.807, 2.05) is 35.8 Å². The summed E-state index contributed by atoms with van der Waals surface area (Å²) in [5, 5.41) is 6.05. The highest BCUT2D eigenvalue weighted by Crippen LogP contribution is 2.18. The average Bonchev–Trinajstić information content (AvgIpc) is 3.23. The summed E-state index contributed by atoms with van der Waals surface area (Å²) in [6.07, 6.45) is 1.83. The largest absolute Gasteiger partial charge is 0.491 e. The molecule has 1 fully saturated rings. The highest BCUT2D eigenvalue weighted by molar-refractivity contribution is 7.13. The number of rotatable bonds is 9. The lowest BCUT2D eigenvalue weighted by atomic mass is 10.2. The van der Waals surface area contributed by atoms with Gasteiger partial charge in [0, 0.05) is 51.4 Å². The van der Waals surface area contributed by atoms with Crippen molar-refractivity contribution in [1.29, 1.82) is 0 Å². The zero-order valence-corrected chi connectivity index (χ0v) is 16.4. The Labute approximate surface area is 163 Å². The van der Waals surface area contributed by atoms with Crippen molar-refractivity contribution in [3.05, 3.63) is 41.4 Å². The van der Waals surface area contributed by atoms with E-state index in [0.717, 1.165) is 42.6 Å². The maximum atomic E-state index is 12.2. The summed E-state index contributed by atoms with van der Waals surface area (Å²) in [6.45, 7) is 5.62. The van der Waals surface area contributed by atoms with Gasteiger partial charge in [-0.2, -0.15) is 0 Å². The fourth-order valence-electron chi connectivity index (χ4n) is 2.88. The van der Waals surface area contributed by atoms with Gasteiger partial charge in [-0.05, 0) is 17.7 Å². The monoisotopic (exact) mass is 390 g/mol. The second-order valence-electron chi connectivity index (χ2n) is 6.34. The van der Waals surface area contributed by atoms with E-state index in [0.29, 0.717) is 26.3 Å². The van der Waals surface area contributed by atoms with Crippen molar-refractivity contribution in [2.75, 3.05) is 57.9 Å². The summed E-state index contributed by atoms with van der Waals surface area (Å²) in [7, 11) is 1.65. The Bertz CT molecular complexity index is 685. The minimum absolute atomic E-state index is 0.0538. The number of piperazine rings is 1. The van der Waals surface area contributed by atoms with Gasteiger partial charge in [0.05, 0.1) is 13.2 Å². The summed E-state index contributed by atoms with van der Waals surface area (Å²) in [5.74, 6) is 0.860. The molecular weight excluding hydrogens is 364 g/mol. The van der Waals surface area contributed by atoms with Crippen molar-refractivity contribution in [2.24, 2.45) is 0 Å². The van der Waals surface area contributed by atoms with Crippen molar-refractivity contribution >= 4 is 22.4 Å². The summed E-state index contributed by atoms with van der Waals surface area (Å²) in [6, 6.07) is 7.76. The van der Waals surface area contributed by atoms with Gasteiger partial charge < -0.3 is 19.7 Å². The molecule has 1 aliphatic rings. The number of hydrogen-bond acceptors (Lipinski definition) is 7. The zero-order chi connectivity index (χ0) is 18.9. The fraction of sp³-hybridized carbons (Fsp3) is 0.474. The molecule has 8 heteroatoms. The lowest BCUT2D eigenvalue weighted by Gasteiger charge is -2.34. The quantitative estimate of drug-likeness (QED) is 0.656. The molecule has 1 aromatic carbocycles. The van der Waals surface area contributed by atoms with Gasteiger partial charge in [-0.1, -0.05) is 12.1 Å². The molecule has 3 rings (SSSR count). The smallest absolute Gasteiger partial charge is 0.234 e. The third-order valence-corrected chi connectivity index (χ3v) is 5.23. The van der Waals surface area contributed by atoms with Gasteiger partial charge in [0.25, 0.3) is 0 Å². The number of nitrogens with one attached hydrogen (secondary N) is 1. The minimum atomic E-state index is 0.0538. The van der Waals surface area contributed by atoms with E-state index < -0.39 is 0 Å². The van der Waals surface area contributed by atoms with E-state index >= 15 is 0 Å². The number of thiazole rings is 1. The number of nitrogens with zero attached hydrogens (tertiary/aromatic N) is 3. The number of carbonyl (C=O) groups is 1. The predicted octanol–water partition coefficient (Wildman–Crippen LogP) is 1.61. The van der Waals surface area contributed by atoms with Crippen LogP contribution in [0.25, 0.3) is 0 Å². The van der Waals surface area contributed by atoms with Crippen LogP contribution in [0.5, 0.6) is 5.75 Å². The molecule has 0 atom stereocenters. The lowest BCUT2D eigenvalue weighted by molar-refractivity contribution is -0.122. The van der Waals surface area contributed by atoms with Crippen LogP contribution in [0.15, 0.2) is 35.8 Å². The van der Waals surface area contributed by atoms with Gasteiger partial charge in [-0.15, -0.1) is 11.3 Å². The molecule has 0 spiro atoms. The third kappa shape index (κ3) is 6.20. The first-order valence-corrected chi connectivity index (χ1v) is 9.97. The predicted molar refractivity (Wildman–Crippen MR) is 106 cm³/mol. The van der Waals surface area contributed by atoms with Crippen LogP contribution >= 0.6 is 11.3 Å². The highest BCUT2D eigenvalue weighted by Gasteiger charge is 2.20. The number of anilines is 1. The summed E-state index contributed by atoms with van der Waals surface area (Å²) in [5.41, 5.74) is 1.05. The van der Waals surface area contributed by atoms with Crippen LogP contribution in [0.1, 0.15) is 5.56 Å². The van der Waals surface area contributed by atoms with E-state index in [9.17, 15) is 4.79 Å². The molecular formula is C19H26N4O3S. The second kappa shape index (κ2) is 10.2. The Hall–Kier alpha value is -2.16. The van der Waals surface area contributed by atoms with E-state index in [2.05, 4.69) is 20.1 Å². The Morgan fingerprint density at radius 3 is 2.63 bits per heavy atom. The fourth-order valence-corrected chi connectivity index (χ4v) is 3.57. The van der Waals surface area contributed by atoms with Gasteiger partial charge in [0.15, 0.2) is 5.13 Å². The first-order chi connectivity index (χ1) is 13.2. The van der Waals surface area contributed by atoms with Gasteiger partial charge in [0.1, 0.15) is 12.4 Å². The van der Waals surface area contributed by atoms with Crippen molar-refractivity contribution in [3.63, 3.8) is 0 Å². The number of hydrogen-bond donors (Lipinski definition) is 1. The first kappa shape index (κ1) is 19.6. The summed E-state index contributed by atoms with van der Waals surface area (Å²) < 4.78 is 10.5. The number of amides is 1. The molecule has 2 aromatic rings. The molecule has 1 N–H and O–H groups in total. The van der Waals surface area contributed by atoms with Crippen LogP contribution < -0.4 is 15.0 Å². The number of ether oxygens (including phenoxy) is 2. The Morgan fingerprint density at radius 1 is 1.19 bits per heavy atom. The highest BCUT2D eigenvalue weighted by atomic mass is 32.1. The van der Waals surface area contributed by atoms with Crippen LogP contribution in [0, 0.1) is 0 Å². The van der Waals surface area contributed by atoms with E-state index in [4.69, 9.17) is 9.47 Å². The summed E-state index contributed by atoms with van der Waals surface area (Å²) in [4.78, 5) is 21.0. The molecule has 0 saturated carbocycles. The number of carbonyl (C=O) groups excluding carboxylic acids is 1. The maximum absolute atomic E-state index is 12.2. The van der Waals surface area contributed by atoms with Crippen LogP contribution in [-0.4, -0.2) is 68.8 Å². The van der Waals surface area contributed by atoms with Crippen molar-refractivity contribution in [2.45, 2.75) is 6.54 Å². The van der Waals surface area contributed by atoms with Crippen molar-refractivity contribution in [3.8, 4) is 5.75 Å². The lowest BCUT2D eigenvalue weighted by Crippen LogP contribution is -2.49. The van der Waals surface area contributed by atoms with Gasteiger partial charge >= 0.3 is 0 Å². The SMILES string of the molecule is COCCOc1ccc(CNC(=O)CN2CCN(c3nccs3)CC2)cc1. The number of aromatic nitrogens is 1. The van der Waals surface area contributed by atoms with Gasteiger partial charge in [0.2, 0.25) is 5.91 Å². The van der Waals surface area contributed by atoms with Crippen LogP contribution in [0.2, 0.25) is 0 Å². The Kier molecular flexibility index (Phi) is 7.44. The molecule has 146 valence electrons. The standard InChI is InChI=1S/C19H26N4O3S/c1-25-11-12-26-17-4-2-16(3-5-17)14-21-18(24)15-22-7-9-23(10-8-22)19-20-6-13-27-19/h2-6,13H,7-12,14-15H2,1H3,(H,21,24). The summed E-state index contributed by atoms with van der Waals surface area (Å²) >= 11 is 1.66.